The highest BCUT2D eigenvalue weighted by Crippen LogP contribution is 2.23. The van der Waals surface area contributed by atoms with Gasteiger partial charge in [-0.1, -0.05) is 19.4 Å². The Balaban J connectivity index is 2.82. The third-order valence-corrected chi connectivity index (χ3v) is 2.72. The topological polar surface area (TPSA) is 82.0 Å². The summed E-state index contributed by atoms with van der Waals surface area (Å²) in [5.74, 6) is -0.464. The van der Waals surface area contributed by atoms with E-state index in [2.05, 4.69) is 10.6 Å². The third-order valence-electron chi connectivity index (χ3n) is 2.72. The second-order valence-electron chi connectivity index (χ2n) is 4.58. The quantitative estimate of drug-likeness (QED) is 0.836. The summed E-state index contributed by atoms with van der Waals surface area (Å²) in [6, 6.07) is 7.17. The van der Waals surface area contributed by atoms with Crippen molar-refractivity contribution >= 4 is 23.2 Å². The van der Waals surface area contributed by atoms with E-state index >= 15 is 0 Å². The molecule has 0 saturated carbocycles. The van der Waals surface area contributed by atoms with Crippen LogP contribution in [0, 0.1) is 18.3 Å². The van der Waals surface area contributed by atoms with E-state index in [0.29, 0.717) is 17.8 Å². The summed E-state index contributed by atoms with van der Waals surface area (Å²) in [5, 5.41) is 13.9. The molecule has 5 nitrogen and oxygen atoms in total. The van der Waals surface area contributed by atoms with Gasteiger partial charge in [0.15, 0.2) is 0 Å². The molecule has 5 heteroatoms. The Bertz CT molecular complexity index is 532. The number of amides is 2. The fourth-order valence-corrected chi connectivity index (χ4v) is 1.69. The number of unbranched alkanes of at least 4 members (excludes halogenated alkanes) is 1. The Kier molecular flexibility index (Phi) is 6.24. The first-order chi connectivity index (χ1) is 9.56. The molecular weight excluding hydrogens is 254 g/mol. The molecule has 2 amide bonds. The zero-order valence-corrected chi connectivity index (χ0v) is 11.8. The third kappa shape index (κ3) is 5.11. The molecule has 0 fully saturated rings. The molecule has 0 aliphatic heterocycles. The van der Waals surface area contributed by atoms with Crippen LogP contribution < -0.4 is 10.6 Å². The lowest BCUT2D eigenvalue weighted by Crippen LogP contribution is -2.16. The van der Waals surface area contributed by atoms with Crippen molar-refractivity contribution in [3.63, 3.8) is 0 Å². The lowest BCUT2D eigenvalue weighted by atomic mass is 10.1. The molecule has 0 aliphatic carbocycles. The molecule has 0 atom stereocenters. The minimum Gasteiger partial charge on any atom is -0.324 e. The number of nitrogens with one attached hydrogen (secondary N) is 2. The normalized spacial score (nSPS) is 9.65. The molecule has 0 bridgehead atoms. The van der Waals surface area contributed by atoms with Crippen LogP contribution in [0.25, 0.3) is 0 Å². The van der Waals surface area contributed by atoms with Gasteiger partial charge in [-0.25, -0.2) is 0 Å². The van der Waals surface area contributed by atoms with Crippen molar-refractivity contribution in [2.75, 3.05) is 10.6 Å². The molecule has 106 valence electrons. The molecule has 0 aromatic heterocycles. The summed E-state index contributed by atoms with van der Waals surface area (Å²) in [4.78, 5) is 23.2. The van der Waals surface area contributed by atoms with Gasteiger partial charge in [-0.05, 0) is 31.0 Å². The molecule has 1 rings (SSSR count). The van der Waals surface area contributed by atoms with Crippen LogP contribution in [0.5, 0.6) is 0 Å². The summed E-state index contributed by atoms with van der Waals surface area (Å²) < 4.78 is 0. The highest BCUT2D eigenvalue weighted by Gasteiger charge is 2.09. The average Bonchev–Trinajstić information content (AvgIpc) is 2.40. The molecule has 1 aromatic carbocycles. The monoisotopic (exact) mass is 273 g/mol. The molecule has 1 aromatic rings. The van der Waals surface area contributed by atoms with Gasteiger partial charge in [0, 0.05) is 6.42 Å². The molecule has 0 heterocycles. The highest BCUT2D eigenvalue weighted by molar-refractivity contribution is 6.00. The minimum atomic E-state index is -0.387. The zero-order valence-electron chi connectivity index (χ0n) is 11.8. The van der Waals surface area contributed by atoms with Crippen molar-refractivity contribution in [1.29, 1.82) is 5.26 Å². The lowest BCUT2D eigenvalue weighted by molar-refractivity contribution is -0.116. The maximum Gasteiger partial charge on any atom is 0.238 e. The van der Waals surface area contributed by atoms with Gasteiger partial charge in [0.1, 0.15) is 6.42 Å². The molecule has 0 radical (unpaired) electrons. The van der Waals surface area contributed by atoms with E-state index in [9.17, 15) is 9.59 Å². The predicted octanol–water partition coefficient (Wildman–Crippen LogP) is 2.98. The summed E-state index contributed by atoms with van der Waals surface area (Å²) >= 11 is 0. The van der Waals surface area contributed by atoms with Gasteiger partial charge in [-0.15, -0.1) is 0 Å². The Hall–Kier alpha value is -2.35. The molecule has 20 heavy (non-hydrogen) atoms. The summed E-state index contributed by atoms with van der Waals surface area (Å²) in [7, 11) is 0. The maximum absolute atomic E-state index is 11.7. The van der Waals surface area contributed by atoms with Gasteiger partial charge in [0.2, 0.25) is 11.8 Å². The average molecular weight is 273 g/mol. The van der Waals surface area contributed by atoms with Crippen LogP contribution in [-0.2, 0) is 9.59 Å². The first kappa shape index (κ1) is 15.7. The van der Waals surface area contributed by atoms with E-state index in [1.165, 1.54) is 0 Å². The van der Waals surface area contributed by atoms with Gasteiger partial charge in [-0.2, -0.15) is 5.26 Å². The first-order valence-corrected chi connectivity index (χ1v) is 6.64. The number of nitrogens with zero attached hydrogens (tertiary/aromatic N) is 1. The van der Waals surface area contributed by atoms with Crippen LogP contribution in [0.3, 0.4) is 0 Å². The van der Waals surface area contributed by atoms with E-state index in [1.807, 2.05) is 19.9 Å². The van der Waals surface area contributed by atoms with E-state index in [1.54, 1.807) is 18.2 Å². The van der Waals surface area contributed by atoms with Crippen LogP contribution in [0.15, 0.2) is 18.2 Å². The summed E-state index contributed by atoms with van der Waals surface area (Å²) in [5.41, 5.74) is 2.04. The van der Waals surface area contributed by atoms with Crippen LogP contribution in [0.2, 0.25) is 0 Å². The maximum atomic E-state index is 11.7. The largest absolute Gasteiger partial charge is 0.324 e. The molecule has 0 aliphatic rings. The Labute approximate surface area is 119 Å². The smallest absolute Gasteiger partial charge is 0.238 e. The van der Waals surface area contributed by atoms with Crippen molar-refractivity contribution in [2.45, 2.75) is 39.5 Å². The Morgan fingerprint density at radius 1 is 1.20 bits per heavy atom. The Morgan fingerprint density at radius 2 is 1.90 bits per heavy atom. The lowest BCUT2D eigenvalue weighted by Gasteiger charge is -2.12. The second kappa shape index (κ2) is 7.95. The number of benzene rings is 1. The number of carbonyl (C=O) groups is 2. The number of hydrogen-bond acceptors (Lipinski definition) is 3. The molecule has 2 N–H and O–H groups in total. The number of rotatable bonds is 6. The second-order valence-corrected chi connectivity index (χ2v) is 4.58. The van der Waals surface area contributed by atoms with Crippen LogP contribution in [0.4, 0.5) is 11.4 Å². The molecule has 0 unspecified atom stereocenters. The summed E-state index contributed by atoms with van der Waals surface area (Å²) in [6.07, 6.45) is 2.02. The van der Waals surface area contributed by atoms with E-state index in [4.69, 9.17) is 5.26 Å². The summed E-state index contributed by atoms with van der Waals surface area (Å²) in [6.45, 7) is 3.91. The molecule has 0 saturated heterocycles. The fraction of sp³-hybridized carbons (Fsp3) is 0.400. The van der Waals surface area contributed by atoms with Gasteiger partial charge in [-0.3, -0.25) is 9.59 Å². The molecular formula is C15H19N3O2. The molecule has 0 spiro atoms. The van der Waals surface area contributed by atoms with Crippen molar-refractivity contribution in [2.24, 2.45) is 0 Å². The standard InChI is InChI=1S/C15H19N3O2/c1-3-4-5-14(19)17-12-7-6-11(2)10-13(12)18-15(20)8-9-16/h6-7,10H,3-5,8H2,1-2H3,(H,17,19)(H,18,20). The predicted molar refractivity (Wildman–Crippen MR) is 78.2 cm³/mol. The number of carbonyl (C=O) groups excluding carboxylic acids is 2. The minimum absolute atomic E-state index is 0.0773. The number of hydrogen-bond donors (Lipinski definition) is 2. The van der Waals surface area contributed by atoms with Crippen molar-refractivity contribution in [1.82, 2.24) is 0 Å². The number of aryl methyl sites for hydroxylation is 1. The first-order valence-electron chi connectivity index (χ1n) is 6.64. The van der Waals surface area contributed by atoms with E-state index in [-0.39, 0.29) is 18.2 Å². The number of anilines is 2. The Morgan fingerprint density at radius 3 is 2.55 bits per heavy atom. The van der Waals surface area contributed by atoms with Crippen molar-refractivity contribution in [3.8, 4) is 6.07 Å². The van der Waals surface area contributed by atoms with Crippen molar-refractivity contribution in [3.05, 3.63) is 23.8 Å². The van der Waals surface area contributed by atoms with Gasteiger partial charge < -0.3 is 10.6 Å². The van der Waals surface area contributed by atoms with Crippen molar-refractivity contribution < 1.29 is 9.59 Å². The van der Waals surface area contributed by atoms with Crippen LogP contribution >= 0.6 is 0 Å². The van der Waals surface area contributed by atoms with E-state index < -0.39 is 0 Å². The van der Waals surface area contributed by atoms with E-state index in [0.717, 1.165) is 18.4 Å². The van der Waals surface area contributed by atoms with Crippen LogP contribution in [0.1, 0.15) is 38.2 Å². The fourth-order valence-electron chi connectivity index (χ4n) is 1.69. The van der Waals surface area contributed by atoms with Crippen LogP contribution in [-0.4, -0.2) is 11.8 Å². The van der Waals surface area contributed by atoms with Gasteiger partial charge in [0.25, 0.3) is 0 Å². The van der Waals surface area contributed by atoms with Gasteiger partial charge in [0.05, 0.1) is 17.4 Å². The highest BCUT2D eigenvalue weighted by atomic mass is 16.2. The zero-order chi connectivity index (χ0) is 15.0. The number of nitriles is 1. The SMILES string of the molecule is CCCCC(=O)Nc1ccc(C)cc1NC(=O)CC#N. The van der Waals surface area contributed by atoms with Gasteiger partial charge >= 0.3 is 0 Å².